The van der Waals surface area contributed by atoms with Crippen molar-refractivity contribution in [2.24, 2.45) is 0 Å². The Morgan fingerprint density at radius 3 is 1.54 bits per heavy atom. The predicted octanol–water partition coefficient (Wildman–Crippen LogP) is 4.65. The van der Waals surface area contributed by atoms with E-state index in [0.29, 0.717) is 13.2 Å². The second-order valence-corrected chi connectivity index (χ2v) is 7.17. The number of ether oxygens (including phenoxy) is 1. The molecular formula is C21H22O4S. The molecule has 0 heterocycles. The highest BCUT2D eigenvalue weighted by Crippen LogP contribution is 2.08. The van der Waals surface area contributed by atoms with Crippen LogP contribution in [0.5, 0.6) is 0 Å². The lowest BCUT2D eigenvalue weighted by Crippen LogP contribution is -1.96. The van der Waals surface area contributed by atoms with E-state index in [1.807, 2.05) is 43.3 Å². The Bertz CT molecular complexity index is 835. The number of aryl methyl sites for hydroxylation is 1. The van der Waals surface area contributed by atoms with Crippen LogP contribution >= 0.6 is 0 Å². The van der Waals surface area contributed by atoms with Gasteiger partial charge in [0.25, 0.3) is 10.1 Å². The van der Waals surface area contributed by atoms with E-state index in [9.17, 15) is 8.42 Å². The Morgan fingerprint density at radius 2 is 1.15 bits per heavy atom. The molecule has 0 bridgehead atoms. The molecule has 0 radical (unpaired) electrons. The number of benzene rings is 3. The lowest BCUT2D eigenvalue weighted by atomic mass is 10.2. The normalized spacial score (nSPS) is 10.7. The fraction of sp³-hybridized carbons (Fsp3) is 0.143. The van der Waals surface area contributed by atoms with Gasteiger partial charge in [-0.25, -0.2) is 0 Å². The minimum Gasteiger partial charge on any atom is -0.372 e. The van der Waals surface area contributed by atoms with Gasteiger partial charge in [-0.1, -0.05) is 78.4 Å². The molecule has 4 nitrogen and oxygen atoms in total. The minimum atomic E-state index is -4.02. The van der Waals surface area contributed by atoms with Crippen molar-refractivity contribution >= 4 is 10.1 Å². The fourth-order valence-electron chi connectivity index (χ4n) is 2.15. The maximum Gasteiger partial charge on any atom is 0.294 e. The topological polar surface area (TPSA) is 63.6 Å². The zero-order chi connectivity index (χ0) is 18.8. The first-order chi connectivity index (χ1) is 12.4. The van der Waals surface area contributed by atoms with E-state index in [-0.39, 0.29) is 4.90 Å². The maximum atomic E-state index is 10.5. The van der Waals surface area contributed by atoms with Crippen LogP contribution < -0.4 is 0 Å². The summed E-state index contributed by atoms with van der Waals surface area (Å²) in [6, 6.07) is 26.4. The molecule has 5 heteroatoms. The van der Waals surface area contributed by atoms with E-state index in [0.717, 1.165) is 5.56 Å². The average Bonchev–Trinajstić information content (AvgIpc) is 2.64. The largest absolute Gasteiger partial charge is 0.372 e. The maximum absolute atomic E-state index is 10.5. The molecule has 26 heavy (non-hydrogen) atoms. The molecule has 3 aromatic rings. The van der Waals surface area contributed by atoms with Crippen molar-refractivity contribution in [3.63, 3.8) is 0 Å². The lowest BCUT2D eigenvalue weighted by Gasteiger charge is -2.03. The van der Waals surface area contributed by atoms with Crippen LogP contribution in [0.4, 0.5) is 0 Å². The molecular weight excluding hydrogens is 348 g/mol. The molecule has 136 valence electrons. The van der Waals surface area contributed by atoms with E-state index in [4.69, 9.17) is 9.29 Å². The fourth-order valence-corrected chi connectivity index (χ4v) is 2.63. The van der Waals surface area contributed by atoms with E-state index in [2.05, 4.69) is 24.3 Å². The third-order valence-electron chi connectivity index (χ3n) is 3.54. The number of rotatable bonds is 5. The molecule has 1 N–H and O–H groups in total. The third-order valence-corrected chi connectivity index (χ3v) is 4.41. The van der Waals surface area contributed by atoms with Crippen LogP contribution in [0.2, 0.25) is 0 Å². The molecule has 0 atom stereocenters. The summed E-state index contributed by atoms with van der Waals surface area (Å²) in [7, 11) is -4.02. The van der Waals surface area contributed by atoms with E-state index >= 15 is 0 Å². The van der Waals surface area contributed by atoms with Gasteiger partial charge in [0.2, 0.25) is 0 Å². The highest BCUT2D eigenvalue weighted by molar-refractivity contribution is 7.85. The minimum absolute atomic E-state index is 0.0666. The summed E-state index contributed by atoms with van der Waals surface area (Å²) in [5, 5.41) is 0. The number of hydrogen-bond donors (Lipinski definition) is 1. The first-order valence-corrected chi connectivity index (χ1v) is 9.59. The van der Waals surface area contributed by atoms with Gasteiger partial charge in [-0.3, -0.25) is 4.55 Å². The Labute approximate surface area is 154 Å². The SMILES string of the molecule is Cc1ccc(S(=O)(=O)O)cc1.c1ccc(COCc2ccccc2)cc1. The lowest BCUT2D eigenvalue weighted by molar-refractivity contribution is 0.107. The Hall–Kier alpha value is -2.47. The molecule has 0 aliphatic carbocycles. The monoisotopic (exact) mass is 370 g/mol. The summed E-state index contributed by atoms with van der Waals surface area (Å²) in [6.07, 6.45) is 0. The van der Waals surface area contributed by atoms with Gasteiger partial charge in [-0.2, -0.15) is 8.42 Å². The van der Waals surface area contributed by atoms with Crippen molar-refractivity contribution in [2.75, 3.05) is 0 Å². The summed E-state index contributed by atoms with van der Waals surface area (Å²) in [5.41, 5.74) is 3.39. The molecule has 3 aromatic carbocycles. The second-order valence-electron chi connectivity index (χ2n) is 5.75. The first kappa shape index (κ1) is 19.8. The zero-order valence-corrected chi connectivity index (χ0v) is 15.4. The van der Waals surface area contributed by atoms with Gasteiger partial charge in [0.1, 0.15) is 0 Å². The van der Waals surface area contributed by atoms with Gasteiger partial charge in [0.15, 0.2) is 0 Å². The molecule has 0 spiro atoms. The summed E-state index contributed by atoms with van der Waals surface area (Å²) in [6.45, 7) is 3.19. The number of hydrogen-bond acceptors (Lipinski definition) is 3. The first-order valence-electron chi connectivity index (χ1n) is 8.15. The van der Waals surface area contributed by atoms with E-state index in [1.165, 1.54) is 23.3 Å². The van der Waals surface area contributed by atoms with E-state index < -0.39 is 10.1 Å². The highest BCUT2D eigenvalue weighted by Gasteiger charge is 2.06. The van der Waals surface area contributed by atoms with Crippen molar-refractivity contribution in [3.05, 3.63) is 102 Å². The Morgan fingerprint density at radius 1 is 0.731 bits per heavy atom. The summed E-state index contributed by atoms with van der Waals surface area (Å²) < 4.78 is 35.2. The van der Waals surface area contributed by atoms with Crippen LogP contribution in [0.3, 0.4) is 0 Å². The molecule has 0 aromatic heterocycles. The van der Waals surface area contributed by atoms with Gasteiger partial charge in [-0.05, 0) is 30.2 Å². The van der Waals surface area contributed by atoms with Gasteiger partial charge in [0, 0.05) is 0 Å². The molecule has 0 aliphatic rings. The van der Waals surface area contributed by atoms with Crippen LogP contribution in [-0.4, -0.2) is 13.0 Å². The van der Waals surface area contributed by atoms with Gasteiger partial charge in [-0.15, -0.1) is 0 Å². The molecule has 0 fully saturated rings. The van der Waals surface area contributed by atoms with Gasteiger partial charge >= 0.3 is 0 Å². The smallest absolute Gasteiger partial charge is 0.294 e. The van der Waals surface area contributed by atoms with Crippen LogP contribution in [0.1, 0.15) is 16.7 Å². The van der Waals surface area contributed by atoms with Crippen LogP contribution in [0.15, 0.2) is 89.8 Å². The Balaban J connectivity index is 0.000000197. The molecule has 0 aliphatic heterocycles. The van der Waals surface area contributed by atoms with Crippen molar-refractivity contribution in [1.29, 1.82) is 0 Å². The quantitative estimate of drug-likeness (QED) is 0.664. The molecule has 0 unspecified atom stereocenters. The Kier molecular flexibility index (Phi) is 7.53. The van der Waals surface area contributed by atoms with Crippen molar-refractivity contribution in [2.45, 2.75) is 25.0 Å². The standard InChI is InChI=1S/C14H14O.C7H8O3S/c1-3-7-13(8-4-1)11-15-12-14-9-5-2-6-10-14;1-6-2-4-7(5-3-6)11(8,9)10/h1-10H,11-12H2;2-5H,1H3,(H,8,9,10). The molecule has 0 saturated carbocycles. The molecule has 3 rings (SSSR count). The summed E-state index contributed by atoms with van der Waals surface area (Å²) in [5.74, 6) is 0. The van der Waals surface area contributed by atoms with Gasteiger partial charge < -0.3 is 4.74 Å². The summed E-state index contributed by atoms with van der Waals surface area (Å²) in [4.78, 5) is -0.0666. The van der Waals surface area contributed by atoms with Crippen LogP contribution in [0, 0.1) is 6.92 Å². The van der Waals surface area contributed by atoms with Crippen molar-refractivity contribution in [1.82, 2.24) is 0 Å². The van der Waals surface area contributed by atoms with Crippen LogP contribution in [0.25, 0.3) is 0 Å². The summed E-state index contributed by atoms with van der Waals surface area (Å²) >= 11 is 0. The molecule has 0 amide bonds. The van der Waals surface area contributed by atoms with Crippen LogP contribution in [-0.2, 0) is 28.1 Å². The van der Waals surface area contributed by atoms with Gasteiger partial charge in [0.05, 0.1) is 18.1 Å². The second kappa shape index (κ2) is 9.87. The highest BCUT2D eigenvalue weighted by atomic mass is 32.2. The predicted molar refractivity (Wildman–Crippen MR) is 102 cm³/mol. The van der Waals surface area contributed by atoms with Crippen molar-refractivity contribution in [3.8, 4) is 0 Å². The molecule has 0 saturated heterocycles. The van der Waals surface area contributed by atoms with E-state index in [1.54, 1.807) is 12.1 Å². The van der Waals surface area contributed by atoms with Crippen molar-refractivity contribution < 1.29 is 17.7 Å². The zero-order valence-electron chi connectivity index (χ0n) is 14.6. The third kappa shape index (κ3) is 7.19. The average molecular weight is 370 g/mol.